The topological polar surface area (TPSA) is 66.6 Å². The summed E-state index contributed by atoms with van der Waals surface area (Å²) in [5.74, 6) is 0.549. The van der Waals surface area contributed by atoms with E-state index in [4.69, 9.17) is 15.2 Å². The van der Waals surface area contributed by atoms with Gasteiger partial charge in [0.15, 0.2) is 0 Å². The molecular formula is C13H11F3N2O3. The van der Waals surface area contributed by atoms with Crippen LogP contribution in [0.1, 0.15) is 0 Å². The van der Waals surface area contributed by atoms with Crippen LogP contribution >= 0.6 is 0 Å². The fraction of sp³-hybridized carbons (Fsp3) is 0.154. The molecule has 0 saturated carbocycles. The second kappa shape index (κ2) is 5.78. The van der Waals surface area contributed by atoms with Gasteiger partial charge in [-0.25, -0.2) is 4.98 Å². The van der Waals surface area contributed by atoms with Gasteiger partial charge in [0.25, 0.3) is 0 Å². The largest absolute Gasteiger partial charge is 0.573 e. The number of ether oxygens (including phenoxy) is 3. The standard InChI is InChI=1S/C13H11F3N2O3/c1-19-11-4-2-8(6-10(11)17)20-12-5-3-9(7-18-12)21-13(14,15)16/h2-7H,17H2,1H3. The minimum absolute atomic E-state index is 0.106. The Kier molecular flexibility index (Phi) is 4.06. The second-order valence-electron chi connectivity index (χ2n) is 3.89. The molecule has 1 aromatic carbocycles. The normalized spacial score (nSPS) is 11.0. The van der Waals surface area contributed by atoms with E-state index in [9.17, 15) is 13.2 Å². The van der Waals surface area contributed by atoms with Crippen molar-refractivity contribution in [1.29, 1.82) is 0 Å². The van der Waals surface area contributed by atoms with Crippen LogP contribution < -0.4 is 19.9 Å². The number of anilines is 1. The van der Waals surface area contributed by atoms with Crippen molar-refractivity contribution in [3.8, 4) is 23.1 Å². The highest BCUT2D eigenvalue weighted by atomic mass is 19.4. The lowest BCUT2D eigenvalue weighted by molar-refractivity contribution is -0.274. The Hall–Kier alpha value is -2.64. The summed E-state index contributed by atoms with van der Waals surface area (Å²) in [5, 5.41) is 0. The average molecular weight is 300 g/mol. The minimum Gasteiger partial charge on any atom is -0.495 e. The number of benzene rings is 1. The van der Waals surface area contributed by atoms with Crippen molar-refractivity contribution in [2.24, 2.45) is 0 Å². The van der Waals surface area contributed by atoms with E-state index in [1.165, 1.54) is 19.2 Å². The summed E-state index contributed by atoms with van der Waals surface area (Å²) in [6, 6.07) is 7.06. The number of aromatic nitrogens is 1. The molecule has 1 aromatic heterocycles. The number of alkyl halides is 3. The molecule has 1 heterocycles. The van der Waals surface area contributed by atoms with Crippen LogP contribution in [0.5, 0.6) is 23.1 Å². The molecule has 0 saturated heterocycles. The summed E-state index contributed by atoms with van der Waals surface area (Å²) in [6.45, 7) is 0. The van der Waals surface area contributed by atoms with Crippen LogP contribution in [-0.2, 0) is 0 Å². The number of nitrogens with zero attached hydrogens (tertiary/aromatic N) is 1. The van der Waals surface area contributed by atoms with Gasteiger partial charge < -0.3 is 19.9 Å². The van der Waals surface area contributed by atoms with Crippen LogP contribution in [0, 0.1) is 0 Å². The molecule has 0 bridgehead atoms. The predicted octanol–water partition coefficient (Wildman–Crippen LogP) is 3.36. The lowest BCUT2D eigenvalue weighted by atomic mass is 10.3. The molecule has 0 unspecified atom stereocenters. The number of nitrogen functional groups attached to an aromatic ring is 1. The summed E-state index contributed by atoms with van der Waals surface area (Å²) in [6.07, 6.45) is -3.84. The third kappa shape index (κ3) is 4.16. The lowest BCUT2D eigenvalue weighted by Gasteiger charge is -2.10. The summed E-state index contributed by atoms with van der Waals surface area (Å²) in [7, 11) is 1.48. The second-order valence-corrected chi connectivity index (χ2v) is 3.89. The van der Waals surface area contributed by atoms with Crippen LogP contribution in [0.3, 0.4) is 0 Å². The number of rotatable bonds is 4. The van der Waals surface area contributed by atoms with Crippen molar-refractivity contribution in [2.45, 2.75) is 6.36 Å². The molecule has 2 N–H and O–H groups in total. The van der Waals surface area contributed by atoms with Gasteiger partial charge in [0.1, 0.15) is 17.2 Å². The molecule has 0 fully saturated rings. The zero-order valence-corrected chi connectivity index (χ0v) is 10.8. The van der Waals surface area contributed by atoms with E-state index in [2.05, 4.69) is 9.72 Å². The van der Waals surface area contributed by atoms with Crippen LogP contribution in [0.4, 0.5) is 18.9 Å². The fourth-order valence-electron chi connectivity index (χ4n) is 1.52. The molecule has 112 valence electrons. The smallest absolute Gasteiger partial charge is 0.495 e. The van der Waals surface area contributed by atoms with Gasteiger partial charge >= 0.3 is 6.36 Å². The van der Waals surface area contributed by atoms with Gasteiger partial charge in [0, 0.05) is 12.1 Å². The Morgan fingerprint density at radius 1 is 1.10 bits per heavy atom. The van der Waals surface area contributed by atoms with Gasteiger partial charge in [-0.15, -0.1) is 13.2 Å². The number of hydrogen-bond acceptors (Lipinski definition) is 5. The molecule has 0 atom stereocenters. The summed E-state index contributed by atoms with van der Waals surface area (Å²) >= 11 is 0. The zero-order chi connectivity index (χ0) is 15.5. The molecule has 0 spiro atoms. The van der Waals surface area contributed by atoms with Gasteiger partial charge in [-0.1, -0.05) is 0 Å². The average Bonchev–Trinajstić information content (AvgIpc) is 2.40. The quantitative estimate of drug-likeness (QED) is 0.877. The monoisotopic (exact) mass is 300 g/mol. The van der Waals surface area contributed by atoms with Crippen LogP contribution in [0.2, 0.25) is 0 Å². The third-order valence-electron chi connectivity index (χ3n) is 2.37. The summed E-state index contributed by atoms with van der Waals surface area (Å²) in [5.41, 5.74) is 6.08. The first kappa shape index (κ1) is 14.8. The predicted molar refractivity (Wildman–Crippen MR) is 68.4 cm³/mol. The van der Waals surface area contributed by atoms with Crippen molar-refractivity contribution in [3.63, 3.8) is 0 Å². The third-order valence-corrected chi connectivity index (χ3v) is 2.37. The van der Waals surface area contributed by atoms with Gasteiger partial charge in [-0.2, -0.15) is 0 Å². The van der Waals surface area contributed by atoms with Gasteiger partial charge in [0.05, 0.1) is 19.0 Å². The first-order valence-electron chi connectivity index (χ1n) is 5.70. The first-order chi connectivity index (χ1) is 9.87. The molecule has 5 nitrogen and oxygen atoms in total. The van der Waals surface area contributed by atoms with Crippen molar-refractivity contribution in [2.75, 3.05) is 12.8 Å². The minimum atomic E-state index is -4.76. The molecule has 0 radical (unpaired) electrons. The number of nitrogens with two attached hydrogens (primary N) is 1. The highest BCUT2D eigenvalue weighted by molar-refractivity contribution is 5.56. The van der Waals surface area contributed by atoms with E-state index >= 15 is 0 Å². The molecule has 0 aliphatic rings. The molecule has 0 aliphatic carbocycles. The molecular weight excluding hydrogens is 289 g/mol. The number of pyridine rings is 1. The lowest BCUT2D eigenvalue weighted by Crippen LogP contribution is -2.17. The Labute approximate surface area is 118 Å². The summed E-state index contributed by atoms with van der Waals surface area (Å²) < 4.78 is 50.0. The van der Waals surface area contributed by atoms with Gasteiger partial charge in [-0.3, -0.25) is 0 Å². The van der Waals surface area contributed by atoms with Crippen molar-refractivity contribution in [3.05, 3.63) is 36.5 Å². The van der Waals surface area contributed by atoms with Gasteiger partial charge in [0.2, 0.25) is 5.88 Å². The molecule has 21 heavy (non-hydrogen) atoms. The van der Waals surface area contributed by atoms with Crippen LogP contribution in [0.15, 0.2) is 36.5 Å². The van der Waals surface area contributed by atoms with E-state index in [1.54, 1.807) is 12.1 Å². The number of halogens is 3. The Balaban J connectivity index is 2.08. The van der Waals surface area contributed by atoms with E-state index < -0.39 is 12.1 Å². The van der Waals surface area contributed by atoms with Crippen LogP contribution in [-0.4, -0.2) is 18.5 Å². The zero-order valence-electron chi connectivity index (χ0n) is 10.8. The van der Waals surface area contributed by atoms with Gasteiger partial charge in [-0.05, 0) is 18.2 Å². The van der Waals surface area contributed by atoms with Crippen molar-refractivity contribution >= 4 is 5.69 Å². The Morgan fingerprint density at radius 3 is 2.33 bits per heavy atom. The van der Waals surface area contributed by atoms with E-state index in [0.717, 1.165) is 12.3 Å². The molecule has 8 heteroatoms. The molecule has 2 rings (SSSR count). The van der Waals surface area contributed by atoms with E-state index in [1.807, 2.05) is 0 Å². The highest BCUT2D eigenvalue weighted by Crippen LogP contribution is 2.29. The SMILES string of the molecule is COc1ccc(Oc2ccc(OC(F)(F)F)cn2)cc1N. The number of methoxy groups -OCH3 is 1. The van der Waals surface area contributed by atoms with Crippen molar-refractivity contribution in [1.82, 2.24) is 4.98 Å². The molecule has 2 aromatic rings. The number of hydrogen-bond donors (Lipinski definition) is 1. The Morgan fingerprint density at radius 2 is 1.81 bits per heavy atom. The van der Waals surface area contributed by atoms with Crippen LogP contribution in [0.25, 0.3) is 0 Å². The maximum Gasteiger partial charge on any atom is 0.573 e. The maximum absolute atomic E-state index is 12.0. The Bertz CT molecular complexity index is 615. The van der Waals surface area contributed by atoms with E-state index in [-0.39, 0.29) is 5.88 Å². The maximum atomic E-state index is 12.0. The highest BCUT2D eigenvalue weighted by Gasteiger charge is 2.31. The molecule has 0 amide bonds. The van der Waals surface area contributed by atoms with Crippen molar-refractivity contribution < 1.29 is 27.4 Å². The summed E-state index contributed by atoms with van der Waals surface area (Å²) in [4.78, 5) is 3.71. The molecule has 0 aliphatic heterocycles. The first-order valence-corrected chi connectivity index (χ1v) is 5.70. The fourth-order valence-corrected chi connectivity index (χ4v) is 1.52. The van der Waals surface area contributed by atoms with E-state index in [0.29, 0.717) is 17.2 Å².